The van der Waals surface area contributed by atoms with Gasteiger partial charge in [-0.3, -0.25) is 9.59 Å². The largest absolute Gasteiger partial charge is 0.480 e. The zero-order valence-electron chi connectivity index (χ0n) is 11.9. The van der Waals surface area contributed by atoms with Crippen LogP contribution in [0.2, 0.25) is 0 Å². The first-order valence-electron chi connectivity index (χ1n) is 6.71. The van der Waals surface area contributed by atoms with E-state index >= 15 is 0 Å². The lowest BCUT2D eigenvalue weighted by Gasteiger charge is -2.14. The van der Waals surface area contributed by atoms with Crippen LogP contribution in [0.1, 0.15) is 19.3 Å². The molecular formula is C14H20N2O5. The van der Waals surface area contributed by atoms with Crippen LogP contribution in [0, 0.1) is 0 Å². The minimum absolute atomic E-state index is 0.0535. The van der Waals surface area contributed by atoms with E-state index in [-0.39, 0.29) is 18.5 Å². The third-order valence-electron chi connectivity index (χ3n) is 2.95. The fraction of sp³-hybridized carbons (Fsp3) is 0.500. The molecule has 1 heterocycles. The number of rotatable bonds is 9. The number of amides is 1. The molecule has 0 aliphatic carbocycles. The lowest BCUT2D eigenvalue weighted by Crippen LogP contribution is -2.41. The molecule has 0 fully saturated rings. The van der Waals surface area contributed by atoms with Gasteiger partial charge in [0, 0.05) is 38.9 Å². The molecular weight excluding hydrogens is 276 g/mol. The lowest BCUT2D eigenvalue weighted by molar-refractivity contribution is -0.142. The molecule has 1 amide bonds. The second-order valence-electron chi connectivity index (χ2n) is 4.58. The number of ether oxygens (including phenoxy) is 1. The van der Waals surface area contributed by atoms with Crippen LogP contribution in [0.15, 0.2) is 29.2 Å². The predicted molar refractivity (Wildman–Crippen MR) is 76.0 cm³/mol. The Bertz CT molecular complexity index is 526. The summed E-state index contributed by atoms with van der Waals surface area (Å²) >= 11 is 0. The molecule has 116 valence electrons. The lowest BCUT2D eigenvalue weighted by atomic mass is 10.1. The van der Waals surface area contributed by atoms with Crippen molar-refractivity contribution in [3.63, 3.8) is 0 Å². The highest BCUT2D eigenvalue weighted by Gasteiger charge is 2.19. The van der Waals surface area contributed by atoms with Gasteiger partial charge in [-0.05, 0) is 18.9 Å². The van der Waals surface area contributed by atoms with Gasteiger partial charge in [0.2, 0.25) is 5.91 Å². The number of carbonyl (C=O) groups excluding carboxylic acids is 1. The molecule has 1 atom stereocenters. The van der Waals surface area contributed by atoms with Gasteiger partial charge in [0.25, 0.3) is 5.56 Å². The Balaban J connectivity index is 2.45. The highest BCUT2D eigenvalue weighted by atomic mass is 16.5. The second kappa shape index (κ2) is 8.91. The Morgan fingerprint density at radius 3 is 2.81 bits per heavy atom. The Morgan fingerprint density at radius 2 is 2.19 bits per heavy atom. The van der Waals surface area contributed by atoms with Gasteiger partial charge < -0.3 is 19.7 Å². The van der Waals surface area contributed by atoms with Crippen LogP contribution in [0.5, 0.6) is 0 Å². The molecule has 0 aliphatic heterocycles. The molecule has 1 unspecified atom stereocenters. The summed E-state index contributed by atoms with van der Waals surface area (Å²) in [7, 11) is 1.53. The number of carboxylic acid groups (broad SMARTS) is 1. The van der Waals surface area contributed by atoms with Crippen LogP contribution >= 0.6 is 0 Å². The third-order valence-corrected chi connectivity index (χ3v) is 2.95. The number of aromatic nitrogens is 1. The van der Waals surface area contributed by atoms with Crippen LogP contribution in [0.4, 0.5) is 0 Å². The molecule has 0 aromatic carbocycles. The molecule has 1 aromatic rings. The number of nitrogens with zero attached hydrogens (tertiary/aromatic N) is 1. The van der Waals surface area contributed by atoms with E-state index in [1.807, 2.05) is 0 Å². The topological polar surface area (TPSA) is 97.6 Å². The van der Waals surface area contributed by atoms with Crippen molar-refractivity contribution in [2.45, 2.75) is 31.8 Å². The van der Waals surface area contributed by atoms with Crippen molar-refractivity contribution < 1.29 is 19.4 Å². The molecule has 1 rings (SSSR count). The van der Waals surface area contributed by atoms with Gasteiger partial charge >= 0.3 is 5.97 Å². The molecule has 0 bridgehead atoms. The average molecular weight is 296 g/mol. The number of hydrogen-bond donors (Lipinski definition) is 2. The monoisotopic (exact) mass is 296 g/mol. The number of pyridine rings is 1. The summed E-state index contributed by atoms with van der Waals surface area (Å²) in [6, 6.07) is 3.79. The summed E-state index contributed by atoms with van der Waals surface area (Å²) in [5.41, 5.74) is -0.194. The van der Waals surface area contributed by atoms with Gasteiger partial charge in [-0.2, -0.15) is 0 Å². The molecule has 21 heavy (non-hydrogen) atoms. The van der Waals surface area contributed by atoms with Crippen molar-refractivity contribution in [2.24, 2.45) is 0 Å². The van der Waals surface area contributed by atoms with Gasteiger partial charge in [-0.15, -0.1) is 0 Å². The van der Waals surface area contributed by atoms with E-state index in [2.05, 4.69) is 5.32 Å². The second-order valence-corrected chi connectivity index (χ2v) is 4.58. The van der Waals surface area contributed by atoms with Crippen molar-refractivity contribution in [3.05, 3.63) is 34.7 Å². The molecule has 1 aromatic heterocycles. The zero-order chi connectivity index (χ0) is 15.7. The summed E-state index contributed by atoms with van der Waals surface area (Å²) in [4.78, 5) is 34.3. The number of nitrogens with one attached hydrogen (secondary N) is 1. The van der Waals surface area contributed by atoms with Gasteiger partial charge in [0.05, 0.1) is 0 Å². The van der Waals surface area contributed by atoms with Crippen LogP contribution < -0.4 is 10.9 Å². The summed E-state index contributed by atoms with van der Waals surface area (Å²) < 4.78 is 6.25. The van der Waals surface area contributed by atoms with Gasteiger partial charge in [-0.25, -0.2) is 4.79 Å². The predicted octanol–water partition coefficient (Wildman–Crippen LogP) is 0.234. The third kappa shape index (κ3) is 6.22. The highest BCUT2D eigenvalue weighted by molar-refractivity contribution is 5.83. The first-order chi connectivity index (χ1) is 10.0. The summed E-state index contributed by atoms with van der Waals surface area (Å²) in [6.07, 6.45) is 2.49. The Kier molecular flexibility index (Phi) is 7.17. The quantitative estimate of drug-likeness (QED) is 0.636. The fourth-order valence-electron chi connectivity index (χ4n) is 1.82. The Morgan fingerprint density at radius 1 is 1.43 bits per heavy atom. The van der Waals surface area contributed by atoms with Crippen molar-refractivity contribution in [1.29, 1.82) is 0 Å². The van der Waals surface area contributed by atoms with E-state index in [0.717, 1.165) is 0 Å². The zero-order valence-corrected chi connectivity index (χ0v) is 11.9. The highest BCUT2D eigenvalue weighted by Crippen LogP contribution is 1.99. The van der Waals surface area contributed by atoms with E-state index in [1.54, 1.807) is 18.3 Å². The fourth-order valence-corrected chi connectivity index (χ4v) is 1.82. The van der Waals surface area contributed by atoms with E-state index in [0.29, 0.717) is 19.4 Å². The molecule has 7 heteroatoms. The van der Waals surface area contributed by atoms with Crippen molar-refractivity contribution in [1.82, 2.24) is 9.88 Å². The van der Waals surface area contributed by atoms with E-state index < -0.39 is 17.9 Å². The van der Waals surface area contributed by atoms with Crippen LogP contribution in [-0.2, 0) is 20.9 Å². The standard InChI is InChI=1S/C14H20N2O5/c1-21-10-4-5-11(14(19)20)15-12(17)7-9-16-8-3-2-6-13(16)18/h2-3,6,8,11H,4-5,7,9-10H2,1H3,(H,15,17)(H,19,20). The maximum Gasteiger partial charge on any atom is 0.326 e. The molecule has 0 radical (unpaired) electrons. The molecule has 0 spiro atoms. The smallest absolute Gasteiger partial charge is 0.326 e. The molecule has 0 aliphatic rings. The maximum atomic E-state index is 11.8. The normalized spacial score (nSPS) is 11.9. The number of carbonyl (C=O) groups is 2. The number of carboxylic acids is 1. The van der Waals surface area contributed by atoms with Gasteiger partial charge in [0.15, 0.2) is 0 Å². The Hall–Kier alpha value is -2.15. The maximum absolute atomic E-state index is 11.8. The average Bonchev–Trinajstić information content (AvgIpc) is 2.45. The minimum Gasteiger partial charge on any atom is -0.480 e. The molecule has 0 saturated carbocycles. The number of methoxy groups -OCH3 is 1. The molecule has 2 N–H and O–H groups in total. The summed E-state index contributed by atoms with van der Waals surface area (Å²) in [5, 5.41) is 11.5. The van der Waals surface area contributed by atoms with Crippen LogP contribution in [0.3, 0.4) is 0 Å². The SMILES string of the molecule is COCCCC(NC(=O)CCn1ccccc1=O)C(=O)O. The minimum atomic E-state index is -1.07. The van der Waals surface area contributed by atoms with E-state index in [9.17, 15) is 14.4 Å². The van der Waals surface area contributed by atoms with Gasteiger partial charge in [0.1, 0.15) is 6.04 Å². The van der Waals surface area contributed by atoms with E-state index in [4.69, 9.17) is 9.84 Å². The number of aryl methyl sites for hydroxylation is 1. The van der Waals surface area contributed by atoms with Crippen LogP contribution in [-0.4, -0.2) is 41.3 Å². The van der Waals surface area contributed by atoms with Crippen LogP contribution in [0.25, 0.3) is 0 Å². The van der Waals surface area contributed by atoms with E-state index in [1.165, 1.54) is 17.7 Å². The first kappa shape index (κ1) is 16.9. The molecule has 0 saturated heterocycles. The summed E-state index contributed by atoms with van der Waals surface area (Å²) in [5.74, 6) is -1.47. The van der Waals surface area contributed by atoms with Crippen molar-refractivity contribution >= 4 is 11.9 Å². The summed E-state index contributed by atoms with van der Waals surface area (Å²) in [6.45, 7) is 0.662. The van der Waals surface area contributed by atoms with Gasteiger partial charge in [-0.1, -0.05) is 6.07 Å². The Labute approximate surface area is 122 Å². The first-order valence-corrected chi connectivity index (χ1v) is 6.71. The number of hydrogen-bond acceptors (Lipinski definition) is 4. The number of aliphatic carboxylic acids is 1. The van der Waals surface area contributed by atoms with Crippen molar-refractivity contribution in [2.75, 3.05) is 13.7 Å². The molecule has 7 nitrogen and oxygen atoms in total. The van der Waals surface area contributed by atoms with Crippen molar-refractivity contribution in [3.8, 4) is 0 Å².